The zero-order valence-corrected chi connectivity index (χ0v) is 8.58. The highest BCUT2D eigenvalue weighted by Crippen LogP contribution is 2.14. The van der Waals surface area contributed by atoms with E-state index in [1.807, 2.05) is 6.92 Å². The number of esters is 1. The third-order valence-electron chi connectivity index (χ3n) is 1.95. The first-order valence-electron chi connectivity index (χ1n) is 4.47. The molecule has 0 saturated heterocycles. The topological polar surface area (TPSA) is 35.5 Å². The van der Waals surface area contributed by atoms with Crippen LogP contribution in [0.15, 0.2) is 12.7 Å². The van der Waals surface area contributed by atoms with Crippen LogP contribution < -0.4 is 0 Å². The Balaban J connectivity index is 4.21. The molecular formula is C10H18O3. The summed E-state index contributed by atoms with van der Waals surface area (Å²) in [6, 6.07) is 0. The molecule has 0 saturated carbocycles. The standard InChI is InChI=1S/C10H18O3/c1-5-7-9(8(3)12-4)10(11)13-6-2/h5,8-9H,1,6-7H2,2-4H3/t8-,9-/m1/s1. The molecule has 76 valence electrons. The van der Waals surface area contributed by atoms with Gasteiger partial charge in [0.2, 0.25) is 0 Å². The Morgan fingerprint density at radius 1 is 1.62 bits per heavy atom. The lowest BCUT2D eigenvalue weighted by molar-refractivity contribution is -0.152. The first-order chi connectivity index (χ1) is 6.17. The lowest BCUT2D eigenvalue weighted by Crippen LogP contribution is -2.28. The van der Waals surface area contributed by atoms with Crippen LogP contribution in [0, 0.1) is 5.92 Å². The predicted octanol–water partition coefficient (Wildman–Crippen LogP) is 1.78. The van der Waals surface area contributed by atoms with Crippen LogP contribution in [-0.2, 0) is 14.3 Å². The summed E-state index contributed by atoms with van der Waals surface area (Å²) < 4.78 is 10.00. The minimum Gasteiger partial charge on any atom is -0.466 e. The maximum Gasteiger partial charge on any atom is 0.311 e. The molecule has 0 aliphatic rings. The average Bonchev–Trinajstić information content (AvgIpc) is 2.13. The van der Waals surface area contributed by atoms with E-state index in [4.69, 9.17) is 9.47 Å². The van der Waals surface area contributed by atoms with Crippen molar-refractivity contribution in [2.24, 2.45) is 5.92 Å². The molecule has 0 unspecified atom stereocenters. The van der Waals surface area contributed by atoms with Crippen LogP contribution in [0.3, 0.4) is 0 Å². The average molecular weight is 186 g/mol. The second-order valence-electron chi connectivity index (χ2n) is 2.82. The second kappa shape index (κ2) is 6.66. The molecule has 0 amide bonds. The van der Waals surface area contributed by atoms with Gasteiger partial charge in [-0.2, -0.15) is 0 Å². The van der Waals surface area contributed by atoms with E-state index in [1.54, 1.807) is 20.1 Å². The molecule has 0 spiro atoms. The number of rotatable bonds is 6. The summed E-state index contributed by atoms with van der Waals surface area (Å²) >= 11 is 0. The smallest absolute Gasteiger partial charge is 0.311 e. The molecule has 0 radical (unpaired) electrons. The van der Waals surface area contributed by atoms with Gasteiger partial charge in [0.1, 0.15) is 0 Å². The number of allylic oxidation sites excluding steroid dienone is 1. The molecule has 0 aromatic carbocycles. The molecule has 2 atom stereocenters. The van der Waals surface area contributed by atoms with Crippen LogP contribution in [0.1, 0.15) is 20.3 Å². The van der Waals surface area contributed by atoms with Crippen molar-refractivity contribution < 1.29 is 14.3 Å². The number of ether oxygens (including phenoxy) is 2. The minimum absolute atomic E-state index is 0.128. The molecular weight excluding hydrogens is 168 g/mol. The fourth-order valence-electron chi connectivity index (χ4n) is 1.07. The molecule has 0 rings (SSSR count). The van der Waals surface area contributed by atoms with Gasteiger partial charge in [-0.3, -0.25) is 4.79 Å². The van der Waals surface area contributed by atoms with Crippen molar-refractivity contribution in [3.05, 3.63) is 12.7 Å². The Morgan fingerprint density at radius 3 is 2.62 bits per heavy atom. The summed E-state index contributed by atoms with van der Waals surface area (Å²) in [7, 11) is 1.58. The molecule has 0 bridgehead atoms. The maximum absolute atomic E-state index is 11.4. The van der Waals surface area contributed by atoms with Crippen LogP contribution >= 0.6 is 0 Å². The van der Waals surface area contributed by atoms with Gasteiger partial charge in [0, 0.05) is 7.11 Å². The van der Waals surface area contributed by atoms with Gasteiger partial charge in [-0.1, -0.05) is 6.08 Å². The second-order valence-corrected chi connectivity index (χ2v) is 2.82. The number of carbonyl (C=O) groups is 1. The van der Waals surface area contributed by atoms with Crippen LogP contribution in [0.4, 0.5) is 0 Å². The van der Waals surface area contributed by atoms with Crippen molar-refractivity contribution in [2.75, 3.05) is 13.7 Å². The third kappa shape index (κ3) is 4.08. The highest BCUT2D eigenvalue weighted by Gasteiger charge is 2.24. The van der Waals surface area contributed by atoms with Gasteiger partial charge in [-0.15, -0.1) is 6.58 Å². The maximum atomic E-state index is 11.4. The Morgan fingerprint density at radius 2 is 2.23 bits per heavy atom. The van der Waals surface area contributed by atoms with Crippen molar-refractivity contribution in [2.45, 2.75) is 26.4 Å². The van der Waals surface area contributed by atoms with Crippen molar-refractivity contribution in [1.82, 2.24) is 0 Å². The molecule has 3 heteroatoms. The first kappa shape index (κ1) is 12.2. The van der Waals surface area contributed by atoms with Crippen LogP contribution in [0.2, 0.25) is 0 Å². The fraction of sp³-hybridized carbons (Fsp3) is 0.700. The van der Waals surface area contributed by atoms with Crippen LogP contribution in [0.5, 0.6) is 0 Å². The monoisotopic (exact) mass is 186 g/mol. The van der Waals surface area contributed by atoms with E-state index in [1.165, 1.54) is 0 Å². The molecule has 0 aliphatic heterocycles. The molecule has 0 fully saturated rings. The summed E-state index contributed by atoms with van der Waals surface area (Å²) in [6.45, 7) is 7.65. The molecule has 0 heterocycles. The van der Waals surface area contributed by atoms with E-state index in [-0.39, 0.29) is 18.0 Å². The predicted molar refractivity (Wildman–Crippen MR) is 51.4 cm³/mol. The van der Waals surface area contributed by atoms with E-state index in [0.717, 1.165) is 0 Å². The quantitative estimate of drug-likeness (QED) is 0.468. The van der Waals surface area contributed by atoms with E-state index in [2.05, 4.69) is 6.58 Å². The van der Waals surface area contributed by atoms with Gasteiger partial charge in [-0.05, 0) is 20.3 Å². The summed E-state index contributed by atoms with van der Waals surface area (Å²) in [6.07, 6.45) is 2.17. The largest absolute Gasteiger partial charge is 0.466 e. The molecule has 13 heavy (non-hydrogen) atoms. The number of hydrogen-bond donors (Lipinski definition) is 0. The van der Waals surface area contributed by atoms with Gasteiger partial charge in [0.05, 0.1) is 18.6 Å². The Kier molecular flexibility index (Phi) is 6.24. The van der Waals surface area contributed by atoms with Crippen molar-refractivity contribution in [1.29, 1.82) is 0 Å². The Labute approximate surface area is 79.7 Å². The van der Waals surface area contributed by atoms with E-state index in [9.17, 15) is 4.79 Å². The van der Waals surface area contributed by atoms with E-state index < -0.39 is 0 Å². The summed E-state index contributed by atoms with van der Waals surface area (Å²) in [5, 5.41) is 0. The van der Waals surface area contributed by atoms with Gasteiger partial charge in [0.15, 0.2) is 0 Å². The number of methoxy groups -OCH3 is 1. The molecule has 0 aromatic heterocycles. The Bertz CT molecular complexity index is 166. The summed E-state index contributed by atoms with van der Waals surface area (Å²) in [5.74, 6) is -0.445. The van der Waals surface area contributed by atoms with Gasteiger partial charge in [0.25, 0.3) is 0 Å². The van der Waals surface area contributed by atoms with Crippen molar-refractivity contribution >= 4 is 5.97 Å². The molecule has 3 nitrogen and oxygen atoms in total. The van der Waals surface area contributed by atoms with Gasteiger partial charge < -0.3 is 9.47 Å². The molecule has 0 N–H and O–H groups in total. The van der Waals surface area contributed by atoms with E-state index in [0.29, 0.717) is 13.0 Å². The molecule has 0 aromatic rings. The summed E-state index contributed by atoms with van der Waals surface area (Å²) in [4.78, 5) is 11.4. The zero-order valence-electron chi connectivity index (χ0n) is 8.58. The minimum atomic E-state index is -0.234. The SMILES string of the molecule is C=CC[C@@H](C(=O)OCC)[C@@H](C)OC. The summed E-state index contributed by atoms with van der Waals surface area (Å²) in [5.41, 5.74) is 0. The highest BCUT2D eigenvalue weighted by molar-refractivity contribution is 5.73. The normalized spacial score (nSPS) is 14.7. The third-order valence-corrected chi connectivity index (χ3v) is 1.95. The lowest BCUT2D eigenvalue weighted by Gasteiger charge is -2.19. The van der Waals surface area contributed by atoms with E-state index >= 15 is 0 Å². The molecule has 0 aliphatic carbocycles. The Hall–Kier alpha value is -0.830. The number of hydrogen-bond acceptors (Lipinski definition) is 3. The van der Waals surface area contributed by atoms with Crippen molar-refractivity contribution in [3.63, 3.8) is 0 Å². The van der Waals surface area contributed by atoms with Crippen LogP contribution in [0.25, 0.3) is 0 Å². The highest BCUT2D eigenvalue weighted by atomic mass is 16.5. The van der Waals surface area contributed by atoms with Crippen molar-refractivity contribution in [3.8, 4) is 0 Å². The lowest BCUT2D eigenvalue weighted by atomic mass is 10.00. The van der Waals surface area contributed by atoms with Gasteiger partial charge >= 0.3 is 5.97 Å². The fourth-order valence-corrected chi connectivity index (χ4v) is 1.07. The van der Waals surface area contributed by atoms with Crippen LogP contribution in [-0.4, -0.2) is 25.8 Å². The van der Waals surface area contributed by atoms with Gasteiger partial charge in [-0.25, -0.2) is 0 Å². The first-order valence-corrected chi connectivity index (χ1v) is 4.47. The number of carbonyl (C=O) groups excluding carboxylic acids is 1. The zero-order chi connectivity index (χ0) is 10.3.